The lowest BCUT2D eigenvalue weighted by Gasteiger charge is -2.38. The van der Waals surface area contributed by atoms with E-state index in [0.717, 1.165) is 24.5 Å². The van der Waals surface area contributed by atoms with Gasteiger partial charge in [0.15, 0.2) is 10.6 Å². The fourth-order valence-corrected chi connectivity index (χ4v) is 3.94. The molecule has 0 spiro atoms. The van der Waals surface area contributed by atoms with Crippen molar-refractivity contribution in [2.75, 3.05) is 26.2 Å². The van der Waals surface area contributed by atoms with Crippen LogP contribution in [0.4, 0.5) is 0 Å². The summed E-state index contributed by atoms with van der Waals surface area (Å²) < 4.78 is 2.41. The van der Waals surface area contributed by atoms with Crippen molar-refractivity contribution >= 4 is 18.1 Å². The quantitative estimate of drug-likeness (QED) is 0.738. The summed E-state index contributed by atoms with van der Waals surface area (Å²) in [6, 6.07) is 10.4. The molecule has 1 unspecified atom stereocenters. The Morgan fingerprint density at radius 1 is 1.24 bits per heavy atom. The van der Waals surface area contributed by atoms with Gasteiger partial charge in [-0.15, -0.1) is 0 Å². The van der Waals surface area contributed by atoms with E-state index in [0.29, 0.717) is 30.8 Å². The number of carbonyl (C=O) groups excluding carboxylic acids is 1. The van der Waals surface area contributed by atoms with Gasteiger partial charge in [-0.3, -0.25) is 19.4 Å². The number of nitriles is 1. The van der Waals surface area contributed by atoms with Gasteiger partial charge in [-0.25, -0.2) is 0 Å². The van der Waals surface area contributed by atoms with Crippen molar-refractivity contribution in [3.8, 4) is 17.5 Å². The van der Waals surface area contributed by atoms with Crippen molar-refractivity contribution in [3.05, 3.63) is 34.6 Å². The average Bonchev–Trinajstić information content (AvgIpc) is 3.08. The molecule has 1 N–H and O–H groups in total. The van der Waals surface area contributed by atoms with Crippen LogP contribution < -0.4 is 0 Å². The monoisotopic (exact) mass is 412 g/mol. The van der Waals surface area contributed by atoms with Gasteiger partial charge in [-0.2, -0.15) is 10.4 Å². The largest absolute Gasteiger partial charge is 0.340 e. The second-order valence-corrected chi connectivity index (χ2v) is 8.24. The number of carbonyl (C=O) groups is 1. The van der Waals surface area contributed by atoms with Crippen LogP contribution >= 0.6 is 12.2 Å². The molecule has 154 valence electrons. The lowest BCUT2D eigenvalue weighted by atomic mass is 10.0. The van der Waals surface area contributed by atoms with E-state index in [-0.39, 0.29) is 17.9 Å². The van der Waals surface area contributed by atoms with Crippen molar-refractivity contribution in [1.29, 1.82) is 5.26 Å². The Morgan fingerprint density at radius 2 is 1.90 bits per heavy atom. The molecule has 2 aromatic rings. The minimum atomic E-state index is -0.0893. The van der Waals surface area contributed by atoms with Crippen LogP contribution in [-0.4, -0.2) is 62.7 Å². The fourth-order valence-electron chi connectivity index (χ4n) is 3.72. The number of hydrogen-bond acceptors (Lipinski definition) is 5. The van der Waals surface area contributed by atoms with E-state index in [2.05, 4.69) is 35.0 Å². The highest BCUT2D eigenvalue weighted by Crippen LogP contribution is 2.19. The lowest BCUT2D eigenvalue weighted by Crippen LogP contribution is -2.52. The summed E-state index contributed by atoms with van der Waals surface area (Å²) >= 11 is 5.37. The zero-order valence-corrected chi connectivity index (χ0v) is 18.1. The topological polar surface area (TPSA) is 81.0 Å². The molecule has 1 aliphatic heterocycles. The number of aryl methyl sites for hydroxylation is 1. The van der Waals surface area contributed by atoms with Gasteiger partial charge in [0.05, 0.1) is 6.07 Å². The number of H-pyrrole nitrogens is 1. The number of amides is 1. The van der Waals surface area contributed by atoms with E-state index in [9.17, 15) is 10.1 Å². The minimum absolute atomic E-state index is 0.0893. The number of nitrogens with zero attached hydrogens (tertiary/aromatic N) is 5. The van der Waals surface area contributed by atoms with Gasteiger partial charge in [-0.1, -0.05) is 43.7 Å². The van der Waals surface area contributed by atoms with Crippen LogP contribution in [0.5, 0.6) is 0 Å². The maximum Gasteiger partial charge on any atom is 0.224 e. The highest BCUT2D eigenvalue weighted by molar-refractivity contribution is 7.71. The third-order valence-electron chi connectivity index (χ3n) is 5.44. The Hall–Kier alpha value is -2.50. The number of nitrogens with one attached hydrogen (secondary N) is 1. The number of rotatable bonds is 6. The predicted octanol–water partition coefficient (Wildman–Crippen LogP) is 3.00. The first kappa shape index (κ1) is 21.2. The number of benzene rings is 1. The standard InChI is InChI=1S/C21H28N6OS/c1-15(2)18(14-22)25-10-12-26(13-11-25)19(28)8-9-27-20(23-24-21(27)29)17-6-4-16(3)5-7-17/h4-7,15,18H,8-13H2,1-3H3,(H,24,29). The molecule has 8 heteroatoms. The molecule has 3 rings (SSSR count). The second-order valence-electron chi connectivity index (χ2n) is 7.85. The molecule has 7 nitrogen and oxygen atoms in total. The third-order valence-corrected chi connectivity index (χ3v) is 5.75. The molecule has 0 saturated carbocycles. The molecule has 1 saturated heterocycles. The average molecular weight is 413 g/mol. The maximum atomic E-state index is 12.7. The fraction of sp³-hybridized carbons (Fsp3) is 0.524. The Labute approximate surface area is 176 Å². The van der Waals surface area contributed by atoms with E-state index >= 15 is 0 Å². The van der Waals surface area contributed by atoms with Gasteiger partial charge >= 0.3 is 0 Å². The van der Waals surface area contributed by atoms with Gasteiger partial charge in [0, 0.05) is 44.7 Å². The Morgan fingerprint density at radius 3 is 2.48 bits per heavy atom. The first-order valence-corrected chi connectivity index (χ1v) is 10.4. The van der Waals surface area contributed by atoms with E-state index in [1.54, 1.807) is 0 Å². The summed E-state index contributed by atoms with van der Waals surface area (Å²) in [6.45, 7) is 9.45. The SMILES string of the molecule is Cc1ccc(-c2n[nH]c(=S)n2CCC(=O)N2CCN(C(C#N)C(C)C)CC2)cc1. The number of aromatic amines is 1. The van der Waals surface area contributed by atoms with Crippen molar-refractivity contribution in [1.82, 2.24) is 24.6 Å². The first-order chi connectivity index (χ1) is 13.9. The molecular formula is C21H28N6OS. The molecule has 1 fully saturated rings. The summed E-state index contributed by atoms with van der Waals surface area (Å²) in [5, 5.41) is 16.6. The van der Waals surface area contributed by atoms with Crippen LogP contribution in [0.15, 0.2) is 24.3 Å². The first-order valence-electron chi connectivity index (χ1n) is 10.0. The molecule has 0 bridgehead atoms. The smallest absolute Gasteiger partial charge is 0.224 e. The summed E-state index contributed by atoms with van der Waals surface area (Å²) in [5.74, 6) is 1.15. The number of aromatic nitrogens is 3. The summed E-state index contributed by atoms with van der Waals surface area (Å²) in [5.41, 5.74) is 2.15. The van der Waals surface area contributed by atoms with E-state index < -0.39 is 0 Å². The van der Waals surface area contributed by atoms with Crippen molar-refractivity contribution in [2.45, 2.75) is 39.8 Å². The van der Waals surface area contributed by atoms with Crippen LogP contribution in [0.1, 0.15) is 25.8 Å². The normalized spacial score (nSPS) is 16.0. The van der Waals surface area contributed by atoms with Gasteiger partial charge < -0.3 is 4.90 Å². The highest BCUT2D eigenvalue weighted by atomic mass is 32.1. The third kappa shape index (κ3) is 4.92. The molecule has 1 aliphatic rings. The molecule has 1 amide bonds. The zero-order valence-electron chi connectivity index (χ0n) is 17.3. The van der Waals surface area contributed by atoms with Gasteiger partial charge in [0.25, 0.3) is 0 Å². The van der Waals surface area contributed by atoms with Crippen LogP contribution in [0.25, 0.3) is 11.4 Å². The van der Waals surface area contributed by atoms with Crippen molar-refractivity contribution in [3.63, 3.8) is 0 Å². The van der Waals surface area contributed by atoms with Crippen molar-refractivity contribution in [2.24, 2.45) is 5.92 Å². The van der Waals surface area contributed by atoms with E-state index in [4.69, 9.17) is 12.2 Å². The zero-order chi connectivity index (χ0) is 21.0. The molecular weight excluding hydrogens is 384 g/mol. The lowest BCUT2D eigenvalue weighted by molar-refractivity contribution is -0.133. The van der Waals surface area contributed by atoms with Crippen LogP contribution in [0, 0.1) is 28.9 Å². The molecule has 1 aromatic carbocycles. The summed E-state index contributed by atoms with van der Waals surface area (Å²) in [4.78, 5) is 16.8. The summed E-state index contributed by atoms with van der Waals surface area (Å²) in [6.07, 6.45) is 0.374. The molecule has 1 aromatic heterocycles. The predicted molar refractivity (Wildman–Crippen MR) is 115 cm³/mol. The van der Waals surface area contributed by atoms with Crippen LogP contribution in [-0.2, 0) is 11.3 Å². The Kier molecular flexibility index (Phi) is 6.83. The van der Waals surface area contributed by atoms with Gasteiger partial charge in [-0.05, 0) is 25.1 Å². The summed E-state index contributed by atoms with van der Waals surface area (Å²) in [7, 11) is 0. The Balaban J connectivity index is 1.60. The van der Waals surface area contributed by atoms with Crippen molar-refractivity contribution < 1.29 is 4.79 Å². The molecule has 29 heavy (non-hydrogen) atoms. The van der Waals surface area contributed by atoms with E-state index in [1.165, 1.54) is 5.56 Å². The molecule has 1 atom stereocenters. The van der Waals surface area contributed by atoms with Gasteiger partial charge in [0.2, 0.25) is 5.91 Å². The number of hydrogen-bond donors (Lipinski definition) is 1. The van der Waals surface area contributed by atoms with Crippen LogP contribution in [0.2, 0.25) is 0 Å². The minimum Gasteiger partial charge on any atom is -0.340 e. The Bertz CT molecular complexity index is 931. The van der Waals surface area contributed by atoms with E-state index in [1.807, 2.05) is 40.7 Å². The van der Waals surface area contributed by atoms with Gasteiger partial charge in [0.1, 0.15) is 6.04 Å². The second kappa shape index (κ2) is 9.33. The number of piperazine rings is 1. The molecule has 0 aliphatic carbocycles. The molecule has 0 radical (unpaired) electrons. The molecule has 2 heterocycles. The highest BCUT2D eigenvalue weighted by Gasteiger charge is 2.27. The van der Waals surface area contributed by atoms with Crippen LogP contribution in [0.3, 0.4) is 0 Å². The maximum absolute atomic E-state index is 12.7.